The van der Waals surface area contributed by atoms with Gasteiger partial charge in [0.1, 0.15) is 12.4 Å². The molecule has 4 rings (SSSR count). The Labute approximate surface area is 187 Å². The van der Waals surface area contributed by atoms with Gasteiger partial charge in [0.25, 0.3) is 11.8 Å². The minimum absolute atomic E-state index is 0.149. The third-order valence-corrected chi connectivity index (χ3v) is 5.36. The molecule has 1 aliphatic heterocycles. The zero-order valence-electron chi connectivity index (χ0n) is 18.0. The molecule has 0 bridgehead atoms. The molecule has 0 saturated carbocycles. The predicted octanol–water partition coefficient (Wildman–Crippen LogP) is 5.06. The third kappa shape index (κ3) is 5.53. The number of aryl methyl sites for hydroxylation is 1. The van der Waals surface area contributed by atoms with Crippen LogP contribution in [0.5, 0.6) is 5.75 Å². The number of benzene rings is 3. The molecular formula is C26H26N2O4. The van der Waals surface area contributed by atoms with Gasteiger partial charge in [0.05, 0.1) is 6.10 Å². The summed E-state index contributed by atoms with van der Waals surface area (Å²) >= 11 is 0. The summed E-state index contributed by atoms with van der Waals surface area (Å²) in [6.45, 7) is 3.22. The fourth-order valence-electron chi connectivity index (χ4n) is 3.49. The average molecular weight is 431 g/mol. The summed E-state index contributed by atoms with van der Waals surface area (Å²) in [5, 5.41) is 5.79. The molecule has 2 N–H and O–H groups in total. The molecule has 1 unspecified atom stereocenters. The van der Waals surface area contributed by atoms with Crippen molar-refractivity contribution >= 4 is 23.2 Å². The molecular weight excluding hydrogens is 404 g/mol. The molecule has 3 aromatic rings. The molecule has 32 heavy (non-hydrogen) atoms. The highest BCUT2D eigenvalue weighted by atomic mass is 16.5. The summed E-state index contributed by atoms with van der Waals surface area (Å²) in [5.41, 5.74) is 3.23. The number of carbonyl (C=O) groups excluding carboxylic acids is 2. The van der Waals surface area contributed by atoms with Crippen LogP contribution in [0.1, 0.15) is 39.1 Å². The van der Waals surface area contributed by atoms with Gasteiger partial charge in [-0.1, -0.05) is 24.3 Å². The number of nitrogens with one attached hydrogen (secondary N) is 2. The highest BCUT2D eigenvalue weighted by Crippen LogP contribution is 2.22. The largest absolute Gasteiger partial charge is 0.491 e. The standard InChI is InChI=1S/C26H26N2O4/c1-18-9-12-21(27-25(29)19-6-3-2-4-7-19)16-24(18)28-26(30)20-10-13-22(14-11-20)32-17-23-8-5-15-31-23/h2-4,6-7,9-14,16,23H,5,8,15,17H2,1H3,(H,27,29)(H,28,30). The molecule has 6 nitrogen and oxygen atoms in total. The second kappa shape index (κ2) is 10.1. The lowest BCUT2D eigenvalue weighted by Crippen LogP contribution is -2.16. The van der Waals surface area contributed by atoms with Crippen LogP contribution in [0.2, 0.25) is 0 Å². The number of ether oxygens (including phenoxy) is 2. The molecule has 1 fully saturated rings. The third-order valence-electron chi connectivity index (χ3n) is 5.36. The molecule has 1 heterocycles. The van der Waals surface area contributed by atoms with Crippen LogP contribution >= 0.6 is 0 Å². The van der Waals surface area contributed by atoms with E-state index in [9.17, 15) is 9.59 Å². The van der Waals surface area contributed by atoms with Crippen LogP contribution in [0.15, 0.2) is 72.8 Å². The normalized spacial score (nSPS) is 15.2. The van der Waals surface area contributed by atoms with E-state index < -0.39 is 0 Å². The maximum Gasteiger partial charge on any atom is 0.255 e. The molecule has 0 spiro atoms. The summed E-state index contributed by atoms with van der Waals surface area (Å²) in [7, 11) is 0. The maximum absolute atomic E-state index is 12.7. The van der Waals surface area contributed by atoms with Gasteiger partial charge in [-0.25, -0.2) is 0 Å². The number of amides is 2. The van der Waals surface area contributed by atoms with E-state index in [0.717, 1.165) is 25.0 Å². The van der Waals surface area contributed by atoms with Crippen LogP contribution in [0.3, 0.4) is 0 Å². The van der Waals surface area contributed by atoms with Gasteiger partial charge < -0.3 is 20.1 Å². The SMILES string of the molecule is Cc1ccc(NC(=O)c2ccccc2)cc1NC(=O)c1ccc(OCC2CCCO2)cc1. The number of hydrogen-bond donors (Lipinski definition) is 2. The van der Waals surface area contributed by atoms with Crippen molar-refractivity contribution in [3.05, 3.63) is 89.5 Å². The van der Waals surface area contributed by atoms with Crippen molar-refractivity contribution in [2.45, 2.75) is 25.9 Å². The van der Waals surface area contributed by atoms with Gasteiger partial charge in [0, 0.05) is 29.1 Å². The minimum atomic E-state index is -0.231. The van der Waals surface area contributed by atoms with Crippen LogP contribution in [0, 0.1) is 6.92 Å². The lowest BCUT2D eigenvalue weighted by Gasteiger charge is -2.13. The van der Waals surface area contributed by atoms with E-state index in [4.69, 9.17) is 9.47 Å². The van der Waals surface area contributed by atoms with Crippen molar-refractivity contribution < 1.29 is 19.1 Å². The topological polar surface area (TPSA) is 76.7 Å². The summed E-state index contributed by atoms with van der Waals surface area (Å²) in [4.78, 5) is 25.1. The fraction of sp³-hybridized carbons (Fsp3) is 0.231. The van der Waals surface area contributed by atoms with Gasteiger partial charge in [-0.05, 0) is 73.9 Å². The first kappa shape index (κ1) is 21.6. The average Bonchev–Trinajstić information content (AvgIpc) is 3.34. The van der Waals surface area contributed by atoms with Gasteiger partial charge in [-0.2, -0.15) is 0 Å². The maximum atomic E-state index is 12.7. The van der Waals surface area contributed by atoms with E-state index in [0.29, 0.717) is 34.9 Å². The van der Waals surface area contributed by atoms with Gasteiger partial charge >= 0.3 is 0 Å². The Balaban J connectivity index is 1.38. The van der Waals surface area contributed by atoms with Crippen molar-refractivity contribution in [1.29, 1.82) is 0 Å². The summed E-state index contributed by atoms with van der Waals surface area (Å²) in [6, 6.07) is 21.5. The van der Waals surface area contributed by atoms with Crippen LogP contribution in [-0.4, -0.2) is 31.1 Å². The monoisotopic (exact) mass is 430 g/mol. The molecule has 3 aromatic carbocycles. The van der Waals surface area contributed by atoms with Crippen LogP contribution < -0.4 is 15.4 Å². The molecule has 1 aliphatic rings. The zero-order chi connectivity index (χ0) is 22.3. The fourth-order valence-corrected chi connectivity index (χ4v) is 3.49. The summed E-state index contributed by atoms with van der Waals surface area (Å²) in [5.74, 6) is 0.273. The molecule has 1 atom stereocenters. The van der Waals surface area contributed by atoms with Crippen LogP contribution in [0.25, 0.3) is 0 Å². The zero-order valence-corrected chi connectivity index (χ0v) is 18.0. The van der Waals surface area contributed by atoms with Crippen molar-refractivity contribution in [3.63, 3.8) is 0 Å². The van der Waals surface area contributed by atoms with E-state index in [-0.39, 0.29) is 17.9 Å². The molecule has 0 aromatic heterocycles. The van der Waals surface area contributed by atoms with E-state index in [2.05, 4.69) is 10.6 Å². The lowest BCUT2D eigenvalue weighted by molar-refractivity contribution is 0.0679. The summed E-state index contributed by atoms with van der Waals surface area (Å²) < 4.78 is 11.3. The summed E-state index contributed by atoms with van der Waals surface area (Å²) in [6.07, 6.45) is 2.24. The van der Waals surface area contributed by atoms with Crippen molar-refractivity contribution in [2.75, 3.05) is 23.8 Å². The first-order valence-electron chi connectivity index (χ1n) is 10.7. The predicted molar refractivity (Wildman–Crippen MR) is 124 cm³/mol. The minimum Gasteiger partial charge on any atom is -0.491 e. The number of anilines is 2. The number of rotatable bonds is 7. The Kier molecular flexibility index (Phi) is 6.82. The van der Waals surface area contributed by atoms with E-state index >= 15 is 0 Å². The van der Waals surface area contributed by atoms with Gasteiger partial charge in [-0.15, -0.1) is 0 Å². The second-order valence-electron chi connectivity index (χ2n) is 7.77. The van der Waals surface area contributed by atoms with Crippen molar-refractivity contribution in [2.24, 2.45) is 0 Å². The highest BCUT2D eigenvalue weighted by molar-refractivity contribution is 6.06. The molecule has 0 radical (unpaired) electrons. The lowest BCUT2D eigenvalue weighted by atomic mass is 10.1. The van der Waals surface area contributed by atoms with Gasteiger partial charge in [-0.3, -0.25) is 9.59 Å². The van der Waals surface area contributed by atoms with Crippen molar-refractivity contribution in [1.82, 2.24) is 0 Å². The van der Waals surface area contributed by atoms with Crippen molar-refractivity contribution in [3.8, 4) is 5.75 Å². The number of hydrogen-bond acceptors (Lipinski definition) is 4. The van der Waals surface area contributed by atoms with E-state index in [1.807, 2.05) is 37.3 Å². The number of carbonyl (C=O) groups is 2. The van der Waals surface area contributed by atoms with E-state index in [1.165, 1.54) is 0 Å². The van der Waals surface area contributed by atoms with Gasteiger partial charge in [0.2, 0.25) is 0 Å². The molecule has 1 saturated heterocycles. The molecule has 6 heteroatoms. The Bertz CT molecular complexity index is 1070. The molecule has 2 amide bonds. The van der Waals surface area contributed by atoms with Gasteiger partial charge in [0.15, 0.2) is 0 Å². The smallest absolute Gasteiger partial charge is 0.255 e. The van der Waals surface area contributed by atoms with Crippen LogP contribution in [-0.2, 0) is 4.74 Å². The Morgan fingerprint density at radius 2 is 1.66 bits per heavy atom. The Hall–Kier alpha value is -3.64. The molecule has 0 aliphatic carbocycles. The van der Waals surface area contributed by atoms with Crippen LogP contribution in [0.4, 0.5) is 11.4 Å². The first-order valence-corrected chi connectivity index (χ1v) is 10.7. The quantitative estimate of drug-likeness (QED) is 0.549. The second-order valence-corrected chi connectivity index (χ2v) is 7.77. The Morgan fingerprint density at radius 3 is 2.38 bits per heavy atom. The first-order chi connectivity index (χ1) is 15.6. The van der Waals surface area contributed by atoms with E-state index in [1.54, 1.807) is 42.5 Å². The Morgan fingerprint density at radius 1 is 0.938 bits per heavy atom. The molecule has 164 valence electrons. The highest BCUT2D eigenvalue weighted by Gasteiger charge is 2.16.